The van der Waals surface area contributed by atoms with Crippen LogP contribution in [0.1, 0.15) is 12.8 Å². The third-order valence-electron chi connectivity index (χ3n) is 2.50. The van der Waals surface area contributed by atoms with Crippen molar-refractivity contribution in [3.05, 3.63) is 0 Å². The number of hydrogen-bond donors (Lipinski definition) is 4. The Bertz CT molecular complexity index is 347. The zero-order chi connectivity index (χ0) is 17.0. The van der Waals surface area contributed by atoms with Gasteiger partial charge in [-0.15, -0.1) is 0 Å². The summed E-state index contributed by atoms with van der Waals surface area (Å²) >= 11 is 0. The molecule has 0 aromatic rings. The fourth-order valence-corrected chi connectivity index (χ4v) is 1.67. The molecule has 0 heterocycles. The van der Waals surface area contributed by atoms with E-state index in [1.54, 1.807) is 0 Å². The average Bonchev–Trinajstić information content (AvgIpc) is 2.34. The van der Waals surface area contributed by atoms with Gasteiger partial charge in [0.2, 0.25) is 0 Å². The van der Waals surface area contributed by atoms with Crippen LogP contribution in [0.25, 0.3) is 0 Å². The van der Waals surface area contributed by atoms with Crippen LogP contribution in [-0.4, -0.2) is 94.3 Å². The summed E-state index contributed by atoms with van der Waals surface area (Å²) in [4.78, 5) is 32.7. The van der Waals surface area contributed by atoms with E-state index in [-0.39, 0.29) is 26.2 Å². The van der Waals surface area contributed by atoms with E-state index >= 15 is 0 Å². The monoisotopic (exact) mass is 322 g/mol. The van der Waals surface area contributed by atoms with Gasteiger partial charge < -0.3 is 25.3 Å². The lowest BCUT2D eigenvalue weighted by Crippen LogP contribution is -2.35. The number of aliphatic carboxylic acids is 3. The first kappa shape index (κ1) is 20.2. The molecule has 0 unspecified atom stereocenters. The van der Waals surface area contributed by atoms with Crippen molar-refractivity contribution in [2.24, 2.45) is 0 Å². The van der Waals surface area contributed by atoms with Gasteiger partial charge in [0.25, 0.3) is 0 Å². The molecule has 4 N–H and O–H groups in total. The van der Waals surface area contributed by atoms with Crippen LogP contribution in [0.5, 0.6) is 0 Å². The van der Waals surface area contributed by atoms with Gasteiger partial charge in [-0.3, -0.25) is 19.3 Å². The summed E-state index contributed by atoms with van der Waals surface area (Å²) in [6.45, 7) is -0.0733. The molecule has 0 bridgehead atoms. The Kier molecular flexibility index (Phi) is 10.9. The second-order valence-corrected chi connectivity index (χ2v) is 4.60. The Hall–Kier alpha value is -1.75. The highest BCUT2D eigenvalue weighted by atomic mass is 16.5. The molecule has 10 heteroatoms. The van der Waals surface area contributed by atoms with E-state index in [0.717, 1.165) is 0 Å². The highest BCUT2D eigenvalue weighted by Crippen LogP contribution is 1.95. The van der Waals surface area contributed by atoms with E-state index in [1.807, 2.05) is 0 Å². The normalized spacial score (nSPS) is 11.0. The molecule has 0 atom stereocenters. The fraction of sp³-hybridized carbons (Fsp3) is 0.750. The standard InChI is InChI=1S/C12H22N2O8/c15-10(16)7-13(8-11(17)18)3-1-5-22-6-2-4-14(21)9-12(19)20/h21H,1-9H2,(H,15,16)(H,17,18)(H,19,20). The molecule has 0 aromatic heterocycles. The van der Waals surface area contributed by atoms with Crippen LogP contribution in [0.15, 0.2) is 0 Å². The number of carboxylic acid groups (broad SMARTS) is 3. The summed E-state index contributed by atoms with van der Waals surface area (Å²) in [5.74, 6) is -3.31. The fourth-order valence-electron chi connectivity index (χ4n) is 1.67. The molecule has 0 fully saturated rings. The van der Waals surface area contributed by atoms with Crippen molar-refractivity contribution in [3.8, 4) is 0 Å². The van der Waals surface area contributed by atoms with Crippen molar-refractivity contribution in [1.29, 1.82) is 0 Å². The molecule has 0 aliphatic rings. The van der Waals surface area contributed by atoms with Crippen LogP contribution in [0.2, 0.25) is 0 Å². The van der Waals surface area contributed by atoms with E-state index in [0.29, 0.717) is 31.1 Å². The van der Waals surface area contributed by atoms with Gasteiger partial charge in [-0.05, 0) is 12.8 Å². The molecular formula is C12H22N2O8. The third-order valence-corrected chi connectivity index (χ3v) is 2.50. The van der Waals surface area contributed by atoms with Crippen LogP contribution < -0.4 is 0 Å². The van der Waals surface area contributed by atoms with Gasteiger partial charge in [-0.1, -0.05) is 0 Å². The Morgan fingerprint density at radius 3 is 1.68 bits per heavy atom. The molecule has 0 spiro atoms. The SMILES string of the molecule is O=C(O)CN(O)CCCOCCCN(CC(=O)O)CC(=O)O. The zero-order valence-corrected chi connectivity index (χ0v) is 12.2. The molecule has 0 rings (SSSR count). The number of carbonyl (C=O) groups is 3. The Morgan fingerprint density at radius 2 is 1.23 bits per heavy atom. The van der Waals surface area contributed by atoms with Crippen LogP contribution >= 0.6 is 0 Å². The number of ether oxygens (including phenoxy) is 1. The van der Waals surface area contributed by atoms with Gasteiger partial charge in [0.1, 0.15) is 6.54 Å². The highest BCUT2D eigenvalue weighted by molar-refractivity contribution is 5.72. The first-order chi connectivity index (χ1) is 10.3. The molecule has 22 heavy (non-hydrogen) atoms. The van der Waals surface area contributed by atoms with E-state index in [4.69, 9.17) is 25.3 Å². The summed E-state index contributed by atoms with van der Waals surface area (Å²) in [6.07, 6.45) is 0.913. The van der Waals surface area contributed by atoms with Gasteiger partial charge in [0.05, 0.1) is 13.1 Å². The van der Waals surface area contributed by atoms with E-state index in [2.05, 4.69) is 0 Å². The number of nitrogens with zero attached hydrogens (tertiary/aromatic N) is 2. The van der Waals surface area contributed by atoms with Crippen molar-refractivity contribution in [3.63, 3.8) is 0 Å². The second kappa shape index (κ2) is 11.9. The predicted molar refractivity (Wildman–Crippen MR) is 72.8 cm³/mol. The summed E-state index contributed by atoms with van der Waals surface area (Å²) in [5.41, 5.74) is 0. The van der Waals surface area contributed by atoms with Crippen LogP contribution in [0.3, 0.4) is 0 Å². The Morgan fingerprint density at radius 1 is 0.773 bits per heavy atom. The maximum Gasteiger partial charge on any atom is 0.320 e. The number of hydrogen-bond acceptors (Lipinski definition) is 7. The van der Waals surface area contributed by atoms with Crippen LogP contribution in [0, 0.1) is 0 Å². The minimum absolute atomic E-state index is 0.163. The minimum Gasteiger partial charge on any atom is -0.480 e. The van der Waals surface area contributed by atoms with E-state index in [1.165, 1.54) is 4.90 Å². The average molecular weight is 322 g/mol. The first-order valence-electron chi connectivity index (χ1n) is 6.70. The summed E-state index contributed by atoms with van der Waals surface area (Å²) in [5, 5.41) is 35.5. The minimum atomic E-state index is -1.12. The zero-order valence-electron chi connectivity index (χ0n) is 12.2. The van der Waals surface area contributed by atoms with Gasteiger partial charge in [-0.25, -0.2) is 0 Å². The van der Waals surface area contributed by atoms with Gasteiger partial charge in [0.15, 0.2) is 0 Å². The molecule has 10 nitrogen and oxygen atoms in total. The quantitative estimate of drug-likeness (QED) is 0.232. The van der Waals surface area contributed by atoms with Gasteiger partial charge >= 0.3 is 17.9 Å². The maximum absolute atomic E-state index is 10.6. The number of carboxylic acids is 3. The molecule has 0 saturated carbocycles. The van der Waals surface area contributed by atoms with E-state index < -0.39 is 24.5 Å². The second-order valence-electron chi connectivity index (χ2n) is 4.60. The molecule has 0 amide bonds. The molecule has 0 radical (unpaired) electrons. The number of hydroxylamine groups is 2. The topological polar surface area (TPSA) is 148 Å². The predicted octanol–water partition coefficient (Wildman–Crippen LogP) is -0.970. The van der Waals surface area contributed by atoms with Crippen LogP contribution in [0.4, 0.5) is 0 Å². The third kappa shape index (κ3) is 13.2. The Balaban J connectivity index is 3.66. The van der Waals surface area contributed by atoms with Gasteiger partial charge in [-0.2, -0.15) is 5.06 Å². The highest BCUT2D eigenvalue weighted by Gasteiger charge is 2.12. The lowest BCUT2D eigenvalue weighted by atomic mass is 10.3. The lowest BCUT2D eigenvalue weighted by molar-refractivity contribution is -0.153. The van der Waals surface area contributed by atoms with Crippen molar-refractivity contribution in [2.45, 2.75) is 12.8 Å². The molecule has 0 aliphatic heterocycles. The lowest BCUT2D eigenvalue weighted by Gasteiger charge is -2.17. The van der Waals surface area contributed by atoms with Crippen LogP contribution in [-0.2, 0) is 19.1 Å². The van der Waals surface area contributed by atoms with Crippen molar-refractivity contribution in [1.82, 2.24) is 9.96 Å². The first-order valence-corrected chi connectivity index (χ1v) is 6.70. The Labute approximate surface area is 127 Å². The van der Waals surface area contributed by atoms with E-state index in [9.17, 15) is 14.4 Å². The summed E-state index contributed by atoms with van der Waals surface area (Å²) < 4.78 is 5.24. The molecule has 128 valence electrons. The molecule has 0 aromatic carbocycles. The smallest absolute Gasteiger partial charge is 0.320 e. The van der Waals surface area contributed by atoms with Crippen molar-refractivity contribution >= 4 is 17.9 Å². The molecular weight excluding hydrogens is 300 g/mol. The summed E-state index contributed by atoms with van der Waals surface area (Å²) in [7, 11) is 0. The number of rotatable bonds is 14. The summed E-state index contributed by atoms with van der Waals surface area (Å²) in [6, 6.07) is 0. The molecule has 0 saturated heterocycles. The van der Waals surface area contributed by atoms with Gasteiger partial charge in [0, 0.05) is 26.3 Å². The van der Waals surface area contributed by atoms with Crippen molar-refractivity contribution < 1.29 is 39.6 Å². The maximum atomic E-state index is 10.6. The largest absolute Gasteiger partial charge is 0.480 e. The van der Waals surface area contributed by atoms with Crippen molar-refractivity contribution in [2.75, 3.05) is 45.9 Å². The molecule has 0 aliphatic carbocycles.